The highest BCUT2D eigenvalue weighted by Crippen LogP contribution is 2.40. The van der Waals surface area contributed by atoms with Crippen molar-refractivity contribution in [1.29, 1.82) is 5.26 Å². The van der Waals surface area contributed by atoms with Gasteiger partial charge in [-0.2, -0.15) is 26.9 Å². The molecule has 182 valence electrons. The van der Waals surface area contributed by atoms with E-state index >= 15 is 0 Å². The molecule has 0 aliphatic carbocycles. The van der Waals surface area contributed by atoms with E-state index in [1.165, 1.54) is 28.8 Å². The van der Waals surface area contributed by atoms with Crippen LogP contribution in [-0.2, 0) is 23.7 Å². The SMILES string of the molecule is Cn1c2cc(-c3cccc(OS(=O)(=O)F)c3)c(C(F)(F)F)cc2c(=O)c2c3ccc(C#N)cc3[nH]c21. The highest BCUT2D eigenvalue weighted by Gasteiger charge is 2.35. The Bertz CT molecular complexity index is 1930. The van der Waals surface area contributed by atoms with Gasteiger partial charge in [-0.05, 0) is 47.5 Å². The van der Waals surface area contributed by atoms with Crippen molar-refractivity contribution in [3.8, 4) is 22.9 Å². The maximum atomic E-state index is 14.1. The van der Waals surface area contributed by atoms with Gasteiger partial charge in [-0.3, -0.25) is 4.79 Å². The van der Waals surface area contributed by atoms with Crippen molar-refractivity contribution in [3.05, 3.63) is 75.9 Å². The molecule has 36 heavy (non-hydrogen) atoms. The summed E-state index contributed by atoms with van der Waals surface area (Å²) < 4.78 is 82.7. The van der Waals surface area contributed by atoms with E-state index in [1.807, 2.05) is 6.07 Å². The minimum absolute atomic E-state index is 0.103. The number of hydrogen-bond donors (Lipinski definition) is 1. The molecule has 0 aliphatic heterocycles. The Morgan fingerprint density at radius 2 is 1.81 bits per heavy atom. The number of nitrogens with zero attached hydrogens (tertiary/aromatic N) is 2. The van der Waals surface area contributed by atoms with Gasteiger partial charge in [-0.1, -0.05) is 22.1 Å². The van der Waals surface area contributed by atoms with Crippen LogP contribution in [0.25, 0.3) is 44.0 Å². The highest BCUT2D eigenvalue weighted by molar-refractivity contribution is 7.81. The summed E-state index contributed by atoms with van der Waals surface area (Å²) in [6.45, 7) is 0. The predicted octanol–water partition coefficient (Wildman–Crippen LogP) is 5.32. The van der Waals surface area contributed by atoms with Gasteiger partial charge in [0.05, 0.1) is 28.1 Å². The van der Waals surface area contributed by atoms with Crippen LogP contribution in [-0.4, -0.2) is 18.0 Å². The molecule has 7 nitrogen and oxygen atoms in total. The van der Waals surface area contributed by atoms with Gasteiger partial charge in [0.25, 0.3) is 0 Å². The second kappa shape index (κ2) is 7.82. The summed E-state index contributed by atoms with van der Waals surface area (Å²) >= 11 is 0. The molecule has 1 N–H and O–H groups in total. The van der Waals surface area contributed by atoms with E-state index in [2.05, 4.69) is 9.17 Å². The first-order valence-corrected chi connectivity index (χ1v) is 11.5. The molecule has 0 aliphatic rings. The van der Waals surface area contributed by atoms with Crippen molar-refractivity contribution in [3.63, 3.8) is 0 Å². The number of rotatable bonds is 3. The summed E-state index contributed by atoms with van der Waals surface area (Å²) in [7, 11) is -3.83. The Morgan fingerprint density at radius 1 is 1.06 bits per heavy atom. The molecule has 5 aromatic rings. The standard InChI is InChI=1S/C24H13F4N3O4S/c1-31-20-10-16(13-3-2-4-14(8-13)35-36(28,33)34)18(24(25,26)27)9-17(20)22(32)21-15-6-5-12(11-29)7-19(15)30-23(21)31/h2-10,30H,1H3. The summed E-state index contributed by atoms with van der Waals surface area (Å²) in [5.41, 5.74) is -0.934. The fourth-order valence-corrected chi connectivity index (χ4v) is 4.67. The van der Waals surface area contributed by atoms with Gasteiger partial charge in [0.15, 0.2) is 5.43 Å². The second-order valence-corrected chi connectivity index (χ2v) is 8.98. The number of aromatic amines is 1. The van der Waals surface area contributed by atoms with Gasteiger partial charge < -0.3 is 13.7 Å². The number of aromatic nitrogens is 2. The van der Waals surface area contributed by atoms with E-state index in [9.17, 15) is 30.3 Å². The third kappa shape index (κ3) is 3.83. The molecule has 0 fully saturated rings. The zero-order chi connectivity index (χ0) is 26.0. The molecular formula is C24H13F4N3O4S. The van der Waals surface area contributed by atoms with E-state index in [4.69, 9.17) is 5.26 Å². The van der Waals surface area contributed by atoms with Crippen molar-refractivity contribution >= 4 is 43.3 Å². The molecule has 0 radical (unpaired) electrons. The molecule has 0 atom stereocenters. The lowest BCUT2D eigenvalue weighted by Gasteiger charge is -2.17. The molecule has 0 saturated heterocycles. The first kappa shape index (κ1) is 23.4. The first-order chi connectivity index (χ1) is 16.9. The van der Waals surface area contributed by atoms with E-state index in [0.717, 1.165) is 24.3 Å². The van der Waals surface area contributed by atoms with Crippen molar-refractivity contribution in [1.82, 2.24) is 9.55 Å². The van der Waals surface area contributed by atoms with Crippen molar-refractivity contribution in [2.75, 3.05) is 0 Å². The maximum Gasteiger partial charge on any atom is 0.488 e. The number of halogens is 4. The maximum absolute atomic E-state index is 14.1. The summed E-state index contributed by atoms with van der Waals surface area (Å²) in [4.78, 5) is 16.5. The number of alkyl halides is 3. The topological polar surface area (TPSA) is 105 Å². The first-order valence-electron chi connectivity index (χ1n) is 10.2. The van der Waals surface area contributed by atoms with Gasteiger partial charge in [0, 0.05) is 23.3 Å². The summed E-state index contributed by atoms with van der Waals surface area (Å²) in [5, 5.41) is 9.61. The van der Waals surface area contributed by atoms with Crippen molar-refractivity contribution < 1.29 is 29.7 Å². The van der Waals surface area contributed by atoms with E-state index in [1.54, 1.807) is 13.1 Å². The quantitative estimate of drug-likeness (QED) is 0.259. The van der Waals surface area contributed by atoms with Gasteiger partial charge in [-0.15, -0.1) is 0 Å². The zero-order valence-corrected chi connectivity index (χ0v) is 19.0. The number of nitrogens with one attached hydrogen (secondary N) is 1. The van der Waals surface area contributed by atoms with Crippen LogP contribution in [0, 0.1) is 11.3 Å². The summed E-state index contributed by atoms with van der Waals surface area (Å²) in [6.07, 6.45) is -4.88. The van der Waals surface area contributed by atoms with Gasteiger partial charge >= 0.3 is 16.7 Å². The number of H-pyrrole nitrogens is 1. The number of aryl methyl sites for hydroxylation is 1. The number of fused-ring (bicyclic) bond motifs is 4. The van der Waals surface area contributed by atoms with E-state index in [-0.39, 0.29) is 27.4 Å². The van der Waals surface area contributed by atoms with Crippen LogP contribution in [0.4, 0.5) is 17.1 Å². The third-order valence-corrected chi connectivity index (χ3v) is 6.25. The third-order valence-electron chi connectivity index (χ3n) is 5.86. The summed E-state index contributed by atoms with van der Waals surface area (Å²) in [5.74, 6) is -0.517. The number of pyridine rings is 1. The van der Waals surface area contributed by atoms with Crippen LogP contribution in [0.1, 0.15) is 11.1 Å². The van der Waals surface area contributed by atoms with E-state index < -0.39 is 33.4 Å². The van der Waals surface area contributed by atoms with Gasteiger partial charge in [0.2, 0.25) is 0 Å². The minimum atomic E-state index is -5.40. The smallest absolute Gasteiger partial charge is 0.358 e. The minimum Gasteiger partial charge on any atom is -0.358 e. The molecule has 0 bridgehead atoms. The Hall–Kier alpha value is -4.37. The van der Waals surface area contributed by atoms with Crippen LogP contribution in [0.15, 0.2) is 59.4 Å². The van der Waals surface area contributed by atoms with Crippen LogP contribution in [0.5, 0.6) is 5.75 Å². The van der Waals surface area contributed by atoms with Gasteiger partial charge in [0.1, 0.15) is 11.4 Å². The Kier molecular flexibility index (Phi) is 5.08. The molecule has 2 heterocycles. The monoisotopic (exact) mass is 515 g/mol. The fourth-order valence-electron chi connectivity index (χ4n) is 4.34. The number of benzene rings is 3. The van der Waals surface area contributed by atoms with Crippen molar-refractivity contribution in [2.45, 2.75) is 6.18 Å². The molecule has 12 heteroatoms. The Morgan fingerprint density at radius 3 is 2.47 bits per heavy atom. The lowest BCUT2D eigenvalue weighted by molar-refractivity contribution is -0.137. The van der Waals surface area contributed by atoms with Gasteiger partial charge in [-0.25, -0.2) is 0 Å². The number of nitriles is 1. The largest absolute Gasteiger partial charge is 0.488 e. The second-order valence-electron chi connectivity index (χ2n) is 8.03. The zero-order valence-electron chi connectivity index (χ0n) is 18.1. The van der Waals surface area contributed by atoms with Crippen LogP contribution in [0.3, 0.4) is 0 Å². The molecule has 0 amide bonds. The average molecular weight is 515 g/mol. The molecule has 3 aromatic carbocycles. The van der Waals surface area contributed by atoms with Crippen molar-refractivity contribution in [2.24, 2.45) is 7.05 Å². The average Bonchev–Trinajstić information content (AvgIpc) is 3.19. The molecule has 5 rings (SSSR count). The molecule has 0 saturated carbocycles. The molecule has 0 spiro atoms. The predicted molar refractivity (Wildman–Crippen MR) is 124 cm³/mol. The molecular weight excluding hydrogens is 502 g/mol. The van der Waals surface area contributed by atoms with Crippen LogP contribution >= 0.6 is 0 Å². The lowest BCUT2D eigenvalue weighted by atomic mass is 9.96. The summed E-state index contributed by atoms with van der Waals surface area (Å²) in [6, 6.07) is 13.0. The fraction of sp³-hybridized carbons (Fsp3) is 0.0833. The van der Waals surface area contributed by atoms with Crippen LogP contribution in [0.2, 0.25) is 0 Å². The number of hydrogen-bond acceptors (Lipinski definition) is 5. The Balaban J connectivity index is 1.87. The van der Waals surface area contributed by atoms with E-state index in [0.29, 0.717) is 22.1 Å². The Labute approximate surface area is 200 Å². The normalized spacial score (nSPS) is 12.3. The highest BCUT2D eigenvalue weighted by atomic mass is 32.3. The lowest BCUT2D eigenvalue weighted by Crippen LogP contribution is -2.13. The molecule has 2 aromatic heterocycles. The van der Waals surface area contributed by atoms with Crippen LogP contribution < -0.4 is 9.61 Å². The molecule has 0 unspecified atom stereocenters.